The van der Waals surface area contributed by atoms with Gasteiger partial charge in [-0.25, -0.2) is 4.98 Å². The van der Waals surface area contributed by atoms with Gasteiger partial charge in [0.05, 0.1) is 21.6 Å². The minimum atomic E-state index is -0.315. The van der Waals surface area contributed by atoms with Crippen LogP contribution >= 0.6 is 23.1 Å². The number of aliphatic hydroxyl groups excluding tert-OH is 1. The summed E-state index contributed by atoms with van der Waals surface area (Å²) < 4.78 is 2.24. The third-order valence-electron chi connectivity index (χ3n) is 3.64. The summed E-state index contributed by atoms with van der Waals surface area (Å²) in [5, 5.41) is 10.4. The Bertz CT molecular complexity index is 735. The Labute approximate surface area is 125 Å². The summed E-state index contributed by atoms with van der Waals surface area (Å²) >= 11 is 3.39. The third-order valence-corrected chi connectivity index (χ3v) is 6.13. The van der Waals surface area contributed by atoms with Crippen molar-refractivity contribution >= 4 is 33.3 Å². The van der Waals surface area contributed by atoms with Crippen LogP contribution in [0.25, 0.3) is 10.2 Å². The highest BCUT2D eigenvalue weighted by Crippen LogP contribution is 2.46. The number of benzene rings is 2. The Morgan fingerprint density at radius 1 is 1.10 bits per heavy atom. The molecule has 4 rings (SSSR count). The van der Waals surface area contributed by atoms with E-state index in [1.54, 1.807) is 23.1 Å². The number of fused-ring (bicyclic) bond motifs is 2. The molecule has 3 aromatic rings. The van der Waals surface area contributed by atoms with E-state index in [1.807, 2.05) is 30.3 Å². The summed E-state index contributed by atoms with van der Waals surface area (Å²) in [6, 6.07) is 16.5. The zero-order valence-corrected chi connectivity index (χ0v) is 12.3. The van der Waals surface area contributed by atoms with Crippen molar-refractivity contribution in [2.24, 2.45) is 0 Å². The molecule has 100 valence electrons. The standard InChI is InChI=1S/C16H13NOS2/c18-13-9-10-5-1-2-6-11(10)15(13)20-16-17-12-7-3-4-8-14(12)19-16/h1-8,13,15,18H,9H2/t13-,15+/m0/s1. The number of hydrogen-bond acceptors (Lipinski definition) is 4. The van der Waals surface area contributed by atoms with E-state index >= 15 is 0 Å². The van der Waals surface area contributed by atoms with Crippen molar-refractivity contribution in [1.29, 1.82) is 0 Å². The van der Waals surface area contributed by atoms with Gasteiger partial charge in [-0.2, -0.15) is 0 Å². The smallest absolute Gasteiger partial charge is 0.151 e. The van der Waals surface area contributed by atoms with E-state index in [2.05, 4.69) is 23.2 Å². The van der Waals surface area contributed by atoms with E-state index in [0.717, 1.165) is 16.3 Å². The van der Waals surface area contributed by atoms with Crippen molar-refractivity contribution in [2.45, 2.75) is 22.1 Å². The van der Waals surface area contributed by atoms with Crippen LogP contribution in [0.2, 0.25) is 0 Å². The normalized spacial score (nSPS) is 21.2. The molecule has 0 spiro atoms. The lowest BCUT2D eigenvalue weighted by atomic mass is 10.1. The molecule has 1 aromatic heterocycles. The third kappa shape index (κ3) is 2.04. The lowest BCUT2D eigenvalue weighted by molar-refractivity contribution is 0.184. The molecule has 0 radical (unpaired) electrons. The number of aromatic nitrogens is 1. The topological polar surface area (TPSA) is 33.1 Å². The average molecular weight is 299 g/mol. The largest absolute Gasteiger partial charge is 0.391 e. The van der Waals surface area contributed by atoms with E-state index in [1.165, 1.54) is 15.8 Å². The minimum Gasteiger partial charge on any atom is -0.391 e. The van der Waals surface area contributed by atoms with E-state index in [9.17, 15) is 5.11 Å². The zero-order chi connectivity index (χ0) is 13.5. The molecule has 0 unspecified atom stereocenters. The molecule has 0 amide bonds. The summed E-state index contributed by atoms with van der Waals surface area (Å²) in [5.74, 6) is 0. The van der Waals surface area contributed by atoms with E-state index in [-0.39, 0.29) is 11.4 Å². The van der Waals surface area contributed by atoms with Gasteiger partial charge in [0.1, 0.15) is 0 Å². The predicted molar refractivity (Wildman–Crippen MR) is 84.4 cm³/mol. The molecular formula is C16H13NOS2. The molecule has 0 saturated heterocycles. The van der Waals surface area contributed by atoms with Crippen molar-refractivity contribution in [2.75, 3.05) is 0 Å². The van der Waals surface area contributed by atoms with Gasteiger partial charge in [0.25, 0.3) is 0 Å². The van der Waals surface area contributed by atoms with Crippen LogP contribution < -0.4 is 0 Å². The van der Waals surface area contributed by atoms with Gasteiger partial charge in [-0.3, -0.25) is 0 Å². The van der Waals surface area contributed by atoms with Crippen molar-refractivity contribution in [1.82, 2.24) is 4.98 Å². The molecule has 20 heavy (non-hydrogen) atoms. The molecule has 0 fully saturated rings. The summed E-state index contributed by atoms with van der Waals surface area (Å²) in [7, 11) is 0. The molecule has 1 heterocycles. The Kier molecular flexibility index (Phi) is 3.02. The quantitative estimate of drug-likeness (QED) is 0.775. The second kappa shape index (κ2) is 4.88. The number of thioether (sulfide) groups is 1. The summed E-state index contributed by atoms with van der Waals surface area (Å²) in [6.07, 6.45) is 0.433. The van der Waals surface area contributed by atoms with Crippen LogP contribution in [0.15, 0.2) is 52.9 Å². The lowest BCUT2D eigenvalue weighted by Gasteiger charge is -2.13. The Morgan fingerprint density at radius 3 is 2.80 bits per heavy atom. The number of nitrogens with zero attached hydrogens (tertiary/aromatic N) is 1. The van der Waals surface area contributed by atoms with Gasteiger partial charge in [-0.1, -0.05) is 48.2 Å². The number of para-hydroxylation sites is 1. The molecule has 4 heteroatoms. The summed E-state index contributed by atoms with van der Waals surface area (Å²) in [4.78, 5) is 4.65. The van der Waals surface area contributed by atoms with E-state index in [4.69, 9.17) is 0 Å². The Morgan fingerprint density at radius 2 is 1.90 bits per heavy atom. The summed E-state index contributed by atoms with van der Waals surface area (Å²) in [5.41, 5.74) is 3.56. The monoisotopic (exact) mass is 299 g/mol. The highest BCUT2D eigenvalue weighted by molar-refractivity contribution is 8.01. The van der Waals surface area contributed by atoms with Crippen LogP contribution in [0.3, 0.4) is 0 Å². The van der Waals surface area contributed by atoms with Crippen LogP contribution in [-0.2, 0) is 6.42 Å². The van der Waals surface area contributed by atoms with Crippen LogP contribution in [0, 0.1) is 0 Å². The second-order valence-electron chi connectivity index (χ2n) is 4.96. The first-order valence-electron chi connectivity index (χ1n) is 6.59. The lowest BCUT2D eigenvalue weighted by Crippen LogP contribution is -2.09. The van der Waals surface area contributed by atoms with Crippen LogP contribution in [0.5, 0.6) is 0 Å². The Hall–Kier alpha value is -1.36. The van der Waals surface area contributed by atoms with Gasteiger partial charge in [0, 0.05) is 6.42 Å². The van der Waals surface area contributed by atoms with Gasteiger partial charge in [-0.15, -0.1) is 11.3 Å². The maximum absolute atomic E-state index is 10.3. The molecule has 1 aliphatic rings. The maximum Gasteiger partial charge on any atom is 0.151 e. The Balaban J connectivity index is 1.68. The highest BCUT2D eigenvalue weighted by atomic mass is 32.2. The van der Waals surface area contributed by atoms with Crippen LogP contribution in [0.4, 0.5) is 0 Å². The fourth-order valence-electron chi connectivity index (χ4n) is 2.69. The summed E-state index contributed by atoms with van der Waals surface area (Å²) in [6.45, 7) is 0. The van der Waals surface area contributed by atoms with Crippen molar-refractivity contribution < 1.29 is 5.11 Å². The molecule has 0 aliphatic heterocycles. The average Bonchev–Trinajstić information content (AvgIpc) is 3.00. The van der Waals surface area contributed by atoms with Crippen LogP contribution in [0.1, 0.15) is 16.4 Å². The number of hydrogen-bond donors (Lipinski definition) is 1. The van der Waals surface area contributed by atoms with Crippen molar-refractivity contribution in [3.05, 3.63) is 59.7 Å². The molecule has 0 saturated carbocycles. The fourth-order valence-corrected chi connectivity index (χ4v) is 5.14. The molecule has 0 bridgehead atoms. The van der Waals surface area contributed by atoms with Crippen LogP contribution in [-0.4, -0.2) is 16.2 Å². The minimum absolute atomic E-state index is 0.103. The van der Waals surface area contributed by atoms with Crippen molar-refractivity contribution in [3.63, 3.8) is 0 Å². The van der Waals surface area contributed by atoms with Gasteiger partial charge in [0.15, 0.2) is 4.34 Å². The van der Waals surface area contributed by atoms with Gasteiger partial charge in [-0.05, 0) is 23.3 Å². The first kappa shape index (κ1) is 12.4. The zero-order valence-electron chi connectivity index (χ0n) is 10.7. The number of thiazole rings is 1. The first-order valence-corrected chi connectivity index (χ1v) is 8.29. The molecule has 2 nitrogen and oxygen atoms in total. The molecule has 2 aromatic carbocycles. The van der Waals surface area contributed by atoms with Gasteiger partial charge in [0.2, 0.25) is 0 Å². The van der Waals surface area contributed by atoms with E-state index in [0.29, 0.717) is 0 Å². The highest BCUT2D eigenvalue weighted by Gasteiger charge is 2.32. The molecule has 1 N–H and O–H groups in total. The van der Waals surface area contributed by atoms with Gasteiger partial charge >= 0.3 is 0 Å². The molecule has 1 aliphatic carbocycles. The first-order chi connectivity index (χ1) is 9.81. The van der Waals surface area contributed by atoms with Gasteiger partial charge < -0.3 is 5.11 Å². The predicted octanol–water partition coefficient (Wildman–Crippen LogP) is 4.05. The van der Waals surface area contributed by atoms with Crippen molar-refractivity contribution in [3.8, 4) is 0 Å². The number of aliphatic hydroxyl groups is 1. The molecular weight excluding hydrogens is 286 g/mol. The SMILES string of the molecule is O[C@H]1Cc2ccccc2[C@H]1Sc1nc2ccccc2s1. The number of rotatable bonds is 2. The second-order valence-corrected chi connectivity index (χ2v) is 7.38. The fraction of sp³-hybridized carbons (Fsp3) is 0.188. The maximum atomic E-state index is 10.3. The molecule has 2 atom stereocenters. The van der Waals surface area contributed by atoms with E-state index < -0.39 is 0 Å².